The van der Waals surface area contributed by atoms with E-state index < -0.39 is 34.6 Å². The molecule has 0 amide bonds. The molecule has 4 N–H and O–H groups in total. The summed E-state index contributed by atoms with van der Waals surface area (Å²) in [6.07, 6.45) is 4.38. The summed E-state index contributed by atoms with van der Waals surface area (Å²) in [6.45, 7) is 4.86. The number of fused-ring (bicyclic) bond motifs is 1. The molecule has 4 bridgehead atoms. The highest BCUT2D eigenvalue weighted by Crippen LogP contribution is 2.49. The lowest BCUT2D eigenvalue weighted by atomic mass is 9.69. The van der Waals surface area contributed by atoms with E-state index in [2.05, 4.69) is 0 Å². The quantitative estimate of drug-likeness (QED) is 0.509. The van der Waals surface area contributed by atoms with Crippen LogP contribution in [0.5, 0.6) is 11.5 Å². The van der Waals surface area contributed by atoms with Crippen molar-refractivity contribution in [2.24, 2.45) is 0 Å². The third-order valence-electron chi connectivity index (χ3n) is 6.43. The average molecular weight is 426 g/mol. The second-order valence-corrected chi connectivity index (χ2v) is 9.02. The fourth-order valence-corrected chi connectivity index (χ4v) is 4.49. The highest BCUT2D eigenvalue weighted by atomic mass is 16.5. The molecule has 1 heterocycles. The van der Waals surface area contributed by atoms with Crippen molar-refractivity contribution in [3.63, 3.8) is 0 Å². The molecule has 1 spiro atoms. The SMILES string of the molecule is C/C1=C\C[C@@]23OC(C)(C)[C@@H](O)C=C2C(=O)c2c(cc(O)c(c2O)C/C(CO)=C\C1)C3=O. The van der Waals surface area contributed by atoms with Crippen molar-refractivity contribution >= 4 is 11.6 Å². The van der Waals surface area contributed by atoms with Crippen molar-refractivity contribution in [2.45, 2.75) is 57.3 Å². The van der Waals surface area contributed by atoms with Crippen LogP contribution in [-0.2, 0) is 11.2 Å². The highest BCUT2D eigenvalue weighted by molar-refractivity contribution is 6.28. The number of phenolic OH excluding ortho intramolecular Hbond substituents is 2. The summed E-state index contributed by atoms with van der Waals surface area (Å²) in [5, 5.41) is 41.8. The minimum absolute atomic E-state index is 0.0117. The van der Waals surface area contributed by atoms with Gasteiger partial charge >= 0.3 is 0 Å². The van der Waals surface area contributed by atoms with E-state index in [1.165, 1.54) is 12.1 Å². The van der Waals surface area contributed by atoms with Gasteiger partial charge in [-0.2, -0.15) is 0 Å². The van der Waals surface area contributed by atoms with Crippen LogP contribution < -0.4 is 0 Å². The average Bonchev–Trinajstić information content (AvgIpc) is 2.71. The number of carbonyl (C=O) groups excluding carboxylic acids is 2. The molecule has 164 valence electrons. The van der Waals surface area contributed by atoms with Crippen LogP contribution in [0.2, 0.25) is 0 Å². The Balaban J connectivity index is 2.07. The van der Waals surface area contributed by atoms with Gasteiger partial charge in [0.2, 0.25) is 5.78 Å². The van der Waals surface area contributed by atoms with E-state index in [1.807, 2.05) is 13.0 Å². The number of ether oxygens (including phenoxy) is 1. The number of rotatable bonds is 1. The van der Waals surface area contributed by atoms with Gasteiger partial charge in [0.25, 0.3) is 0 Å². The highest BCUT2D eigenvalue weighted by Gasteiger charge is 2.57. The first-order valence-electron chi connectivity index (χ1n) is 10.2. The van der Waals surface area contributed by atoms with Gasteiger partial charge in [-0.15, -0.1) is 0 Å². The fraction of sp³-hybridized carbons (Fsp3) is 0.417. The summed E-state index contributed by atoms with van der Waals surface area (Å²) in [6, 6.07) is 1.19. The number of phenols is 2. The molecule has 31 heavy (non-hydrogen) atoms. The molecular weight excluding hydrogens is 400 g/mol. The molecule has 0 fully saturated rings. The normalized spacial score (nSPS) is 30.9. The van der Waals surface area contributed by atoms with Gasteiger partial charge in [0.05, 0.1) is 17.8 Å². The van der Waals surface area contributed by atoms with Crippen LogP contribution in [0.15, 0.2) is 41.0 Å². The number of allylic oxidation sites excluding steroid dienone is 2. The maximum Gasteiger partial charge on any atom is 0.200 e. The summed E-state index contributed by atoms with van der Waals surface area (Å²) < 4.78 is 6.16. The van der Waals surface area contributed by atoms with Gasteiger partial charge < -0.3 is 25.2 Å². The first kappa shape index (κ1) is 21.5. The zero-order valence-electron chi connectivity index (χ0n) is 17.7. The fourth-order valence-electron chi connectivity index (χ4n) is 4.49. The molecular formula is C24H26O7. The van der Waals surface area contributed by atoms with Gasteiger partial charge in [-0.05, 0) is 44.9 Å². The molecule has 7 heteroatoms. The number of aliphatic hydroxyl groups excluding tert-OH is 2. The first-order chi connectivity index (χ1) is 14.5. The van der Waals surface area contributed by atoms with E-state index in [-0.39, 0.29) is 47.5 Å². The van der Waals surface area contributed by atoms with E-state index in [0.29, 0.717) is 12.0 Å². The van der Waals surface area contributed by atoms with Crippen LogP contribution in [-0.4, -0.2) is 55.9 Å². The maximum absolute atomic E-state index is 13.7. The number of benzene rings is 1. The molecule has 0 saturated carbocycles. The summed E-state index contributed by atoms with van der Waals surface area (Å²) in [4.78, 5) is 27.3. The lowest BCUT2D eigenvalue weighted by Gasteiger charge is -2.48. The third-order valence-corrected chi connectivity index (χ3v) is 6.43. The topological polar surface area (TPSA) is 124 Å². The number of aliphatic hydroxyl groups is 2. The molecule has 0 unspecified atom stereocenters. The van der Waals surface area contributed by atoms with Gasteiger partial charge in [0, 0.05) is 29.5 Å². The van der Waals surface area contributed by atoms with E-state index in [0.717, 1.165) is 5.57 Å². The molecule has 7 nitrogen and oxygen atoms in total. The summed E-state index contributed by atoms with van der Waals surface area (Å²) >= 11 is 0. The van der Waals surface area contributed by atoms with Crippen molar-refractivity contribution in [3.8, 4) is 11.5 Å². The van der Waals surface area contributed by atoms with Gasteiger partial charge in [0.15, 0.2) is 11.4 Å². The Morgan fingerprint density at radius 1 is 1.19 bits per heavy atom. The van der Waals surface area contributed by atoms with Crippen LogP contribution in [0.4, 0.5) is 0 Å². The Bertz CT molecular complexity index is 1090. The van der Waals surface area contributed by atoms with Gasteiger partial charge in [-0.25, -0.2) is 0 Å². The predicted molar refractivity (Wildman–Crippen MR) is 112 cm³/mol. The monoisotopic (exact) mass is 426 g/mol. The van der Waals surface area contributed by atoms with E-state index in [9.17, 15) is 30.0 Å². The summed E-state index contributed by atoms with van der Waals surface area (Å²) in [5.74, 6) is -2.00. The Morgan fingerprint density at radius 2 is 1.90 bits per heavy atom. The zero-order chi connectivity index (χ0) is 22.7. The molecule has 5 aliphatic rings. The van der Waals surface area contributed by atoms with Crippen LogP contribution >= 0.6 is 0 Å². The van der Waals surface area contributed by atoms with Crippen molar-refractivity contribution in [2.75, 3.05) is 6.61 Å². The van der Waals surface area contributed by atoms with Crippen LogP contribution in [0, 0.1) is 0 Å². The van der Waals surface area contributed by atoms with E-state index in [1.54, 1.807) is 19.9 Å². The van der Waals surface area contributed by atoms with Crippen molar-refractivity contribution in [1.82, 2.24) is 0 Å². The van der Waals surface area contributed by atoms with E-state index in [4.69, 9.17) is 4.74 Å². The molecule has 1 aromatic rings. The molecule has 0 aromatic heterocycles. The van der Waals surface area contributed by atoms with Gasteiger partial charge in [0.1, 0.15) is 17.6 Å². The molecule has 1 aliphatic heterocycles. The minimum atomic E-state index is -1.67. The smallest absolute Gasteiger partial charge is 0.200 e. The van der Waals surface area contributed by atoms with Crippen LogP contribution in [0.25, 0.3) is 0 Å². The number of carbonyl (C=O) groups is 2. The molecule has 1 aromatic carbocycles. The summed E-state index contributed by atoms with van der Waals surface area (Å²) in [7, 11) is 0. The molecule has 4 aliphatic carbocycles. The predicted octanol–water partition coefficient (Wildman–Crippen LogP) is 2.51. The first-order valence-corrected chi connectivity index (χ1v) is 10.2. The summed E-state index contributed by atoms with van der Waals surface area (Å²) in [5.41, 5.74) is -1.63. The second-order valence-electron chi connectivity index (χ2n) is 9.02. The number of ketones is 2. The van der Waals surface area contributed by atoms with Crippen molar-refractivity contribution < 1.29 is 34.8 Å². The Morgan fingerprint density at radius 3 is 2.58 bits per heavy atom. The lowest BCUT2D eigenvalue weighted by Crippen LogP contribution is -2.59. The van der Waals surface area contributed by atoms with Crippen LogP contribution in [0.1, 0.15) is 59.9 Å². The molecule has 0 radical (unpaired) electrons. The third kappa shape index (κ3) is 3.15. The minimum Gasteiger partial charge on any atom is -0.507 e. The van der Waals surface area contributed by atoms with Crippen LogP contribution in [0.3, 0.4) is 0 Å². The Labute approximate surface area is 180 Å². The van der Waals surface area contributed by atoms with Crippen molar-refractivity contribution in [3.05, 3.63) is 57.7 Å². The number of hydrogen-bond donors (Lipinski definition) is 4. The van der Waals surface area contributed by atoms with Crippen molar-refractivity contribution in [1.29, 1.82) is 0 Å². The van der Waals surface area contributed by atoms with Gasteiger partial charge in [-0.1, -0.05) is 17.7 Å². The Hall–Kier alpha value is -2.74. The number of aromatic hydroxyl groups is 2. The Kier molecular flexibility index (Phi) is 4.96. The molecule has 0 saturated heterocycles. The number of hydrogen-bond acceptors (Lipinski definition) is 7. The molecule has 6 rings (SSSR count). The zero-order valence-corrected chi connectivity index (χ0v) is 17.7. The standard InChI is InChI=1S/C24H26O7/c1-12-4-5-13(11-25)8-14-17(26)9-15-19(20(14)28)21(29)16-10-18(27)23(2,3)31-24(16,7-6-12)22(15)30/h5-6,9-10,18,25-28H,4,7-8,11H2,1-3H3/b12-6+,13-5+/t18-,24+/m0/s1. The largest absolute Gasteiger partial charge is 0.507 e. The van der Waals surface area contributed by atoms with Gasteiger partial charge in [-0.3, -0.25) is 9.59 Å². The maximum atomic E-state index is 13.7. The molecule has 2 atom stereocenters. The number of Topliss-reactive ketones (excluding diaryl/α,β-unsaturated/α-hetero) is 2. The van der Waals surface area contributed by atoms with E-state index >= 15 is 0 Å². The lowest BCUT2D eigenvalue weighted by molar-refractivity contribution is -0.150. The second kappa shape index (κ2) is 7.15.